The van der Waals surface area contributed by atoms with Crippen LogP contribution in [0.1, 0.15) is 34.3 Å². The molecule has 2 aromatic rings. The molecule has 1 fully saturated rings. The number of para-hydroxylation sites is 1. The summed E-state index contributed by atoms with van der Waals surface area (Å²) in [6.45, 7) is 1.14. The van der Waals surface area contributed by atoms with Crippen molar-refractivity contribution in [3.63, 3.8) is 0 Å². The number of anilines is 1. The first-order valence-electron chi connectivity index (χ1n) is 8.47. The smallest absolute Gasteiger partial charge is 0.256 e. The zero-order valence-corrected chi connectivity index (χ0v) is 14.0. The molecular formula is C20H21N3O2. The lowest BCUT2D eigenvalue weighted by Gasteiger charge is -2.24. The van der Waals surface area contributed by atoms with Crippen LogP contribution in [0.3, 0.4) is 0 Å². The summed E-state index contributed by atoms with van der Waals surface area (Å²) in [6, 6.07) is 16.9. The number of nitrogens with zero attached hydrogens (tertiary/aromatic N) is 2. The summed E-state index contributed by atoms with van der Waals surface area (Å²) in [5.74, 6) is -0.0618. The Hall–Kier alpha value is -2.84. The van der Waals surface area contributed by atoms with Gasteiger partial charge >= 0.3 is 0 Å². The fourth-order valence-corrected chi connectivity index (χ4v) is 3.25. The van der Waals surface area contributed by atoms with E-state index in [0.29, 0.717) is 24.2 Å². The second-order valence-electron chi connectivity index (χ2n) is 6.15. The maximum absolute atomic E-state index is 12.9. The fraction of sp³-hybridized carbons (Fsp3) is 0.300. The number of amides is 1. The molecule has 1 amide bonds. The van der Waals surface area contributed by atoms with Gasteiger partial charge in [-0.25, -0.2) is 0 Å². The molecule has 2 N–H and O–H groups in total. The molecule has 1 aliphatic heterocycles. The van der Waals surface area contributed by atoms with Crippen molar-refractivity contribution in [2.24, 2.45) is 0 Å². The molecule has 0 radical (unpaired) electrons. The lowest BCUT2D eigenvalue weighted by molar-refractivity contribution is 0.0678. The van der Waals surface area contributed by atoms with Crippen molar-refractivity contribution in [3.8, 4) is 6.07 Å². The minimum atomic E-state index is -0.0973. The monoisotopic (exact) mass is 335 g/mol. The lowest BCUT2D eigenvalue weighted by atomic mass is 10.1. The van der Waals surface area contributed by atoms with Crippen molar-refractivity contribution in [3.05, 3.63) is 65.2 Å². The number of likely N-dealkylation sites (tertiary alicyclic amines) is 1. The molecule has 0 aromatic heterocycles. The Balaban J connectivity index is 1.79. The Morgan fingerprint density at radius 3 is 2.80 bits per heavy atom. The van der Waals surface area contributed by atoms with Gasteiger partial charge in [0.05, 0.1) is 29.8 Å². The van der Waals surface area contributed by atoms with Crippen LogP contribution in [-0.4, -0.2) is 35.1 Å². The van der Waals surface area contributed by atoms with E-state index in [4.69, 9.17) is 0 Å². The summed E-state index contributed by atoms with van der Waals surface area (Å²) in [7, 11) is 0. The van der Waals surface area contributed by atoms with E-state index < -0.39 is 0 Å². The third-order valence-electron chi connectivity index (χ3n) is 4.61. The number of hydrogen-bond donors (Lipinski definition) is 2. The van der Waals surface area contributed by atoms with E-state index >= 15 is 0 Å². The number of nitriles is 1. The highest BCUT2D eigenvalue weighted by Crippen LogP contribution is 2.24. The second kappa shape index (κ2) is 7.82. The van der Waals surface area contributed by atoms with Crippen LogP contribution in [0.4, 0.5) is 5.69 Å². The van der Waals surface area contributed by atoms with E-state index in [2.05, 4.69) is 11.4 Å². The van der Waals surface area contributed by atoms with Crippen LogP contribution in [0, 0.1) is 11.3 Å². The third kappa shape index (κ3) is 3.65. The molecule has 25 heavy (non-hydrogen) atoms. The number of hydrogen-bond acceptors (Lipinski definition) is 4. The van der Waals surface area contributed by atoms with E-state index in [1.807, 2.05) is 36.4 Å². The standard InChI is InChI=1S/C20H21N3O2/c21-12-15-6-1-2-7-16(15)13-22-19-10-4-3-9-18(19)20(25)23-11-5-8-17(23)14-24/h1-4,6-7,9-10,17,22,24H,5,8,11,13-14H2/t17-/m0/s1. The zero-order valence-electron chi connectivity index (χ0n) is 14.0. The second-order valence-corrected chi connectivity index (χ2v) is 6.15. The molecule has 1 aliphatic rings. The SMILES string of the molecule is N#Cc1ccccc1CNc1ccccc1C(=O)N1CCC[C@H]1CO. The lowest BCUT2D eigenvalue weighted by Crippen LogP contribution is -2.37. The highest BCUT2D eigenvalue weighted by atomic mass is 16.3. The van der Waals surface area contributed by atoms with Gasteiger partial charge in [0.15, 0.2) is 0 Å². The summed E-state index contributed by atoms with van der Waals surface area (Å²) in [5, 5.41) is 21.9. The summed E-state index contributed by atoms with van der Waals surface area (Å²) < 4.78 is 0. The number of aliphatic hydroxyl groups excluding tert-OH is 1. The maximum Gasteiger partial charge on any atom is 0.256 e. The highest BCUT2D eigenvalue weighted by Gasteiger charge is 2.29. The van der Waals surface area contributed by atoms with E-state index in [1.165, 1.54) is 0 Å². The van der Waals surface area contributed by atoms with E-state index in [9.17, 15) is 15.2 Å². The molecule has 0 bridgehead atoms. The van der Waals surface area contributed by atoms with Gasteiger partial charge in [0.25, 0.3) is 5.91 Å². The minimum absolute atomic E-state index is 0.00309. The Labute approximate surface area is 147 Å². The first-order chi connectivity index (χ1) is 12.2. The van der Waals surface area contributed by atoms with Gasteiger partial charge in [-0.2, -0.15) is 5.26 Å². The van der Waals surface area contributed by atoms with Crippen LogP contribution in [-0.2, 0) is 6.54 Å². The highest BCUT2D eigenvalue weighted by molar-refractivity contribution is 6.00. The Morgan fingerprint density at radius 1 is 1.24 bits per heavy atom. The quantitative estimate of drug-likeness (QED) is 0.881. The topological polar surface area (TPSA) is 76.4 Å². The first-order valence-corrected chi connectivity index (χ1v) is 8.47. The van der Waals surface area contributed by atoms with Gasteiger partial charge in [-0.15, -0.1) is 0 Å². The summed E-state index contributed by atoms with van der Waals surface area (Å²) in [4.78, 5) is 14.6. The molecule has 1 atom stereocenters. The van der Waals surface area contributed by atoms with Gasteiger partial charge in [-0.3, -0.25) is 4.79 Å². The van der Waals surface area contributed by atoms with Crippen LogP contribution < -0.4 is 5.32 Å². The normalized spacial score (nSPS) is 16.5. The number of aliphatic hydroxyl groups is 1. The average Bonchev–Trinajstić information content (AvgIpc) is 3.15. The first kappa shape index (κ1) is 17.0. The Kier molecular flexibility index (Phi) is 5.32. The van der Waals surface area contributed by atoms with Crippen LogP contribution in [0.25, 0.3) is 0 Å². The molecule has 2 aromatic carbocycles. The van der Waals surface area contributed by atoms with Gasteiger partial charge in [-0.1, -0.05) is 30.3 Å². The molecule has 0 unspecified atom stereocenters. The minimum Gasteiger partial charge on any atom is -0.394 e. The molecule has 0 spiro atoms. The van der Waals surface area contributed by atoms with Crippen LogP contribution >= 0.6 is 0 Å². The molecule has 0 aliphatic carbocycles. The van der Waals surface area contributed by atoms with E-state index in [0.717, 1.165) is 24.1 Å². The molecule has 128 valence electrons. The van der Waals surface area contributed by atoms with Gasteiger partial charge in [-0.05, 0) is 36.6 Å². The van der Waals surface area contributed by atoms with Crippen molar-refractivity contribution >= 4 is 11.6 Å². The van der Waals surface area contributed by atoms with Crippen molar-refractivity contribution in [2.45, 2.75) is 25.4 Å². The van der Waals surface area contributed by atoms with Gasteiger partial charge in [0.2, 0.25) is 0 Å². The fourth-order valence-electron chi connectivity index (χ4n) is 3.25. The zero-order chi connectivity index (χ0) is 17.6. The Morgan fingerprint density at radius 2 is 2.00 bits per heavy atom. The number of carbonyl (C=O) groups excluding carboxylic acids is 1. The number of carbonyl (C=O) groups is 1. The molecule has 3 rings (SSSR count). The van der Waals surface area contributed by atoms with E-state index in [-0.39, 0.29) is 18.6 Å². The Bertz CT molecular complexity index is 798. The predicted octanol–water partition coefficient (Wildman–Crippen LogP) is 2.77. The van der Waals surface area contributed by atoms with Crippen LogP contribution in [0.2, 0.25) is 0 Å². The van der Waals surface area contributed by atoms with Crippen molar-refractivity contribution in [1.82, 2.24) is 4.90 Å². The van der Waals surface area contributed by atoms with Crippen LogP contribution in [0.15, 0.2) is 48.5 Å². The molecule has 0 saturated carbocycles. The third-order valence-corrected chi connectivity index (χ3v) is 4.61. The number of rotatable bonds is 5. The maximum atomic E-state index is 12.9. The van der Waals surface area contributed by atoms with Gasteiger partial charge < -0.3 is 15.3 Å². The summed E-state index contributed by atoms with van der Waals surface area (Å²) >= 11 is 0. The van der Waals surface area contributed by atoms with Crippen molar-refractivity contribution < 1.29 is 9.90 Å². The summed E-state index contributed by atoms with van der Waals surface area (Å²) in [5.41, 5.74) is 2.85. The predicted molar refractivity (Wildman–Crippen MR) is 96.1 cm³/mol. The largest absolute Gasteiger partial charge is 0.394 e. The number of benzene rings is 2. The van der Waals surface area contributed by atoms with Gasteiger partial charge in [0, 0.05) is 18.8 Å². The molecule has 1 heterocycles. The van der Waals surface area contributed by atoms with Crippen LogP contribution in [0.5, 0.6) is 0 Å². The average molecular weight is 335 g/mol. The van der Waals surface area contributed by atoms with Crippen molar-refractivity contribution in [2.75, 3.05) is 18.5 Å². The van der Waals surface area contributed by atoms with Gasteiger partial charge in [0.1, 0.15) is 0 Å². The van der Waals surface area contributed by atoms with Crippen molar-refractivity contribution in [1.29, 1.82) is 5.26 Å². The summed E-state index contributed by atoms with van der Waals surface area (Å²) in [6.07, 6.45) is 1.76. The number of nitrogens with one attached hydrogen (secondary N) is 1. The molecular weight excluding hydrogens is 314 g/mol. The molecule has 5 nitrogen and oxygen atoms in total. The van der Waals surface area contributed by atoms with E-state index in [1.54, 1.807) is 17.0 Å². The molecule has 1 saturated heterocycles. The molecule has 5 heteroatoms.